The minimum absolute atomic E-state index is 0.0143. The summed E-state index contributed by atoms with van der Waals surface area (Å²) in [5.74, 6) is -1.89. The van der Waals surface area contributed by atoms with Gasteiger partial charge >= 0.3 is 6.61 Å². The smallest absolute Gasteiger partial charge is 0.387 e. The quantitative estimate of drug-likeness (QED) is 0.679. The maximum Gasteiger partial charge on any atom is 0.387 e. The fraction of sp³-hybridized carbons (Fsp3) is 0.619. The Morgan fingerprint density at radius 2 is 1.87 bits per heavy atom. The normalized spacial score (nSPS) is 22.6. The van der Waals surface area contributed by atoms with Crippen LogP contribution in [0.4, 0.5) is 18.9 Å². The minimum atomic E-state index is -3.16. The zero-order valence-corrected chi connectivity index (χ0v) is 18.1. The predicted octanol–water partition coefficient (Wildman–Crippen LogP) is 2.43. The van der Waals surface area contributed by atoms with Crippen molar-refractivity contribution in [2.24, 2.45) is 0 Å². The Morgan fingerprint density at radius 1 is 1.23 bits per heavy atom. The van der Waals surface area contributed by atoms with Gasteiger partial charge in [0.25, 0.3) is 0 Å². The molecule has 31 heavy (non-hydrogen) atoms. The van der Waals surface area contributed by atoms with Gasteiger partial charge in [0.15, 0.2) is 11.6 Å². The Morgan fingerprint density at radius 3 is 2.45 bits per heavy atom. The van der Waals surface area contributed by atoms with E-state index in [1.807, 2.05) is 25.7 Å². The first-order valence-electron chi connectivity index (χ1n) is 10.3. The summed E-state index contributed by atoms with van der Waals surface area (Å²) in [5.41, 5.74) is -0.104. The highest BCUT2D eigenvalue weighted by Gasteiger charge is 2.47. The van der Waals surface area contributed by atoms with Crippen LogP contribution >= 0.6 is 0 Å². The minimum Gasteiger partial charge on any atom is -0.432 e. The number of carbonyl (C=O) groups excluding carboxylic acids is 2. The maximum absolute atomic E-state index is 13.6. The molecule has 2 bridgehead atoms. The van der Waals surface area contributed by atoms with Crippen LogP contribution in [0.3, 0.4) is 0 Å². The second-order valence-corrected chi connectivity index (χ2v) is 9.16. The van der Waals surface area contributed by atoms with Crippen LogP contribution in [0.25, 0.3) is 0 Å². The van der Waals surface area contributed by atoms with Crippen molar-refractivity contribution in [3.63, 3.8) is 0 Å². The summed E-state index contributed by atoms with van der Waals surface area (Å²) in [5, 5.41) is 5.59. The first kappa shape index (κ1) is 23.3. The Hall–Kier alpha value is -2.33. The molecule has 7 nitrogen and oxygen atoms in total. The molecule has 3 fully saturated rings. The van der Waals surface area contributed by atoms with E-state index in [9.17, 15) is 22.8 Å². The molecule has 0 spiro atoms. The molecular formula is C21H29F3N4O3. The van der Waals surface area contributed by atoms with Gasteiger partial charge in [-0.1, -0.05) is 0 Å². The number of ether oxygens (including phenoxy) is 1. The molecule has 3 atom stereocenters. The fourth-order valence-electron chi connectivity index (χ4n) is 4.10. The van der Waals surface area contributed by atoms with E-state index >= 15 is 0 Å². The monoisotopic (exact) mass is 442 g/mol. The molecule has 2 N–H and O–H groups in total. The summed E-state index contributed by atoms with van der Waals surface area (Å²) < 4.78 is 42.5. The van der Waals surface area contributed by atoms with Gasteiger partial charge in [0, 0.05) is 42.5 Å². The lowest BCUT2D eigenvalue weighted by Gasteiger charge is -2.57. The first-order valence-corrected chi connectivity index (χ1v) is 10.3. The van der Waals surface area contributed by atoms with Crippen molar-refractivity contribution in [2.75, 3.05) is 25.0 Å². The first-order chi connectivity index (χ1) is 14.4. The highest BCUT2D eigenvalue weighted by atomic mass is 19.3. The SMILES string of the molecule is CC(C(=O)Nc1ccc(F)c(OC(F)F)c1)N1CC2CC(C1)N2CC(=O)NC(C)(C)C. The number of halogens is 3. The van der Waals surface area contributed by atoms with Crippen LogP contribution in [0.15, 0.2) is 18.2 Å². The van der Waals surface area contributed by atoms with Crippen LogP contribution < -0.4 is 15.4 Å². The van der Waals surface area contributed by atoms with Crippen molar-refractivity contribution >= 4 is 17.5 Å². The zero-order chi connectivity index (χ0) is 22.9. The molecule has 4 rings (SSSR count). The number of piperazine rings is 1. The number of carbonyl (C=O) groups is 2. The molecule has 10 heteroatoms. The van der Waals surface area contributed by atoms with Gasteiger partial charge in [-0.2, -0.15) is 8.78 Å². The van der Waals surface area contributed by atoms with E-state index in [0.717, 1.165) is 18.6 Å². The van der Waals surface area contributed by atoms with Gasteiger partial charge in [0.05, 0.1) is 12.6 Å². The molecule has 1 aromatic rings. The lowest BCUT2D eigenvalue weighted by atomic mass is 9.86. The highest BCUT2D eigenvalue weighted by Crippen LogP contribution is 2.33. The number of piperidine rings is 1. The molecule has 3 unspecified atom stereocenters. The summed E-state index contributed by atoms with van der Waals surface area (Å²) in [4.78, 5) is 29.1. The summed E-state index contributed by atoms with van der Waals surface area (Å²) in [6.45, 7) is 6.05. The number of nitrogens with one attached hydrogen (secondary N) is 2. The molecule has 3 aliphatic heterocycles. The third-order valence-corrected chi connectivity index (χ3v) is 5.56. The van der Waals surface area contributed by atoms with E-state index in [0.29, 0.717) is 19.6 Å². The molecular weight excluding hydrogens is 413 g/mol. The number of rotatable bonds is 7. The molecule has 0 aliphatic carbocycles. The molecule has 0 aromatic heterocycles. The van der Waals surface area contributed by atoms with Crippen LogP contribution in [0.2, 0.25) is 0 Å². The van der Waals surface area contributed by atoms with Crippen LogP contribution in [0.5, 0.6) is 5.75 Å². The zero-order valence-electron chi connectivity index (χ0n) is 18.1. The molecule has 172 valence electrons. The molecule has 3 saturated heterocycles. The molecule has 0 saturated carbocycles. The van der Waals surface area contributed by atoms with Crippen molar-refractivity contribution < 1.29 is 27.5 Å². The topological polar surface area (TPSA) is 73.9 Å². The number of nitrogens with zero attached hydrogens (tertiary/aromatic N) is 2. The van der Waals surface area contributed by atoms with Crippen LogP contribution in [0.1, 0.15) is 34.1 Å². The number of anilines is 1. The van der Waals surface area contributed by atoms with Crippen molar-refractivity contribution in [2.45, 2.75) is 64.4 Å². The number of hydrogen-bond acceptors (Lipinski definition) is 5. The third-order valence-electron chi connectivity index (χ3n) is 5.56. The Kier molecular flexibility index (Phi) is 6.80. The second-order valence-electron chi connectivity index (χ2n) is 9.16. The average Bonchev–Trinajstić information content (AvgIpc) is 2.66. The van der Waals surface area contributed by atoms with Gasteiger partial charge in [-0.15, -0.1) is 0 Å². The van der Waals surface area contributed by atoms with Gasteiger partial charge in [-0.05, 0) is 46.2 Å². The number of hydrogen-bond donors (Lipinski definition) is 2. The average molecular weight is 442 g/mol. The molecule has 3 aliphatic rings. The van der Waals surface area contributed by atoms with Gasteiger partial charge in [-0.25, -0.2) is 4.39 Å². The second kappa shape index (κ2) is 9.04. The number of amides is 2. The van der Waals surface area contributed by atoms with E-state index < -0.39 is 24.2 Å². The van der Waals surface area contributed by atoms with E-state index in [1.54, 1.807) is 6.92 Å². The van der Waals surface area contributed by atoms with Crippen LogP contribution in [-0.2, 0) is 9.59 Å². The fourth-order valence-corrected chi connectivity index (χ4v) is 4.10. The van der Waals surface area contributed by atoms with E-state index in [2.05, 4.69) is 20.3 Å². The van der Waals surface area contributed by atoms with E-state index in [-0.39, 0.29) is 35.1 Å². The molecule has 2 amide bonds. The summed E-state index contributed by atoms with van der Waals surface area (Å²) in [7, 11) is 0. The van der Waals surface area contributed by atoms with Crippen molar-refractivity contribution in [3.8, 4) is 5.75 Å². The van der Waals surface area contributed by atoms with E-state index in [1.165, 1.54) is 6.07 Å². The Labute approximate surface area is 179 Å². The highest BCUT2D eigenvalue weighted by molar-refractivity contribution is 5.94. The van der Waals surface area contributed by atoms with Crippen molar-refractivity contribution in [3.05, 3.63) is 24.0 Å². The lowest BCUT2D eigenvalue weighted by Crippen LogP contribution is -2.71. The maximum atomic E-state index is 13.6. The molecule has 1 aromatic carbocycles. The van der Waals surface area contributed by atoms with Gasteiger partial charge < -0.3 is 15.4 Å². The number of benzene rings is 1. The summed E-state index contributed by atoms with van der Waals surface area (Å²) in [6.07, 6.45) is 0.986. The van der Waals surface area contributed by atoms with Crippen LogP contribution in [-0.4, -0.2) is 71.5 Å². The Bertz CT molecular complexity index is 819. The summed E-state index contributed by atoms with van der Waals surface area (Å²) >= 11 is 0. The van der Waals surface area contributed by atoms with Gasteiger partial charge in [-0.3, -0.25) is 19.4 Å². The molecule has 3 heterocycles. The van der Waals surface area contributed by atoms with Crippen molar-refractivity contribution in [1.82, 2.24) is 15.1 Å². The van der Waals surface area contributed by atoms with E-state index in [4.69, 9.17) is 0 Å². The van der Waals surface area contributed by atoms with Crippen LogP contribution in [0, 0.1) is 5.82 Å². The largest absolute Gasteiger partial charge is 0.432 e. The number of alkyl halides is 2. The number of fused-ring (bicyclic) bond motifs is 2. The standard InChI is InChI=1S/C21H29F3N4O3/c1-12(19(30)25-13-5-6-16(22)17(7-13)31-20(23)24)27-9-14-8-15(10-27)28(14)11-18(29)26-21(2,3)4/h5-7,12,14-15,20H,8-11H2,1-4H3,(H,25,30)(H,26,29). The predicted molar refractivity (Wildman–Crippen MR) is 109 cm³/mol. The lowest BCUT2D eigenvalue weighted by molar-refractivity contribution is -0.137. The molecule has 0 radical (unpaired) electrons. The van der Waals surface area contributed by atoms with Crippen molar-refractivity contribution in [1.29, 1.82) is 0 Å². The summed E-state index contributed by atoms with van der Waals surface area (Å²) in [6, 6.07) is 3.24. The van der Waals surface area contributed by atoms with Gasteiger partial charge in [0.1, 0.15) is 0 Å². The van der Waals surface area contributed by atoms with Gasteiger partial charge in [0.2, 0.25) is 11.8 Å². The third kappa shape index (κ3) is 5.88. The Balaban J connectivity index is 1.54.